The van der Waals surface area contributed by atoms with Crippen LogP contribution in [0.15, 0.2) is 38.3 Å². The van der Waals surface area contributed by atoms with Crippen LogP contribution < -0.4 is 14.2 Å². The molecule has 0 aliphatic rings. The van der Waals surface area contributed by atoms with E-state index in [4.69, 9.17) is 14.2 Å². The Balaban J connectivity index is 2.42. The molecule has 0 unspecified atom stereocenters. The van der Waals surface area contributed by atoms with E-state index in [1.54, 1.807) is 23.6 Å². The predicted octanol–water partition coefficient (Wildman–Crippen LogP) is 2.58. The third-order valence-electron chi connectivity index (χ3n) is 2.82. The molecular weight excluding hydrogens is 326 g/mol. The molecule has 8 heteroatoms. The number of benzene rings is 1. The summed E-state index contributed by atoms with van der Waals surface area (Å²) in [6, 6.07) is 6.37. The number of rotatable bonds is 6. The van der Waals surface area contributed by atoms with Crippen LogP contribution in [0.5, 0.6) is 17.2 Å². The van der Waals surface area contributed by atoms with E-state index in [-0.39, 0.29) is 4.21 Å². The molecule has 0 radical (unpaired) electrons. The molecule has 0 amide bonds. The van der Waals surface area contributed by atoms with Gasteiger partial charge >= 0.3 is 0 Å². The molecule has 1 aromatic carbocycles. The summed E-state index contributed by atoms with van der Waals surface area (Å²) in [7, 11) is 0.763. The second-order valence-electron chi connectivity index (χ2n) is 4.09. The number of methoxy groups -OCH3 is 3. The highest BCUT2D eigenvalue weighted by Gasteiger charge is 2.14. The first-order chi connectivity index (χ1) is 10.5. The number of sulfonamides is 1. The Morgan fingerprint density at radius 3 is 2.23 bits per heavy atom. The molecule has 0 aliphatic carbocycles. The lowest BCUT2D eigenvalue weighted by Gasteiger charge is -2.11. The van der Waals surface area contributed by atoms with Crippen molar-refractivity contribution in [3.8, 4) is 17.2 Å². The molecular formula is C14H15NO5S2. The van der Waals surface area contributed by atoms with E-state index in [0.29, 0.717) is 22.8 Å². The summed E-state index contributed by atoms with van der Waals surface area (Å²) in [6.45, 7) is 0. The smallest absolute Gasteiger partial charge is 0.291 e. The van der Waals surface area contributed by atoms with E-state index >= 15 is 0 Å². The van der Waals surface area contributed by atoms with Crippen molar-refractivity contribution in [3.63, 3.8) is 0 Å². The van der Waals surface area contributed by atoms with Crippen LogP contribution in [0.3, 0.4) is 0 Å². The molecule has 1 heterocycles. The zero-order chi connectivity index (χ0) is 16.2. The molecule has 0 atom stereocenters. The van der Waals surface area contributed by atoms with Crippen LogP contribution >= 0.6 is 11.3 Å². The second-order valence-corrected chi connectivity index (χ2v) is 6.90. The molecule has 6 nitrogen and oxygen atoms in total. The van der Waals surface area contributed by atoms with Gasteiger partial charge in [0.15, 0.2) is 11.5 Å². The maximum Gasteiger partial charge on any atom is 0.291 e. The van der Waals surface area contributed by atoms with E-state index in [1.165, 1.54) is 33.6 Å². The van der Waals surface area contributed by atoms with E-state index in [9.17, 15) is 8.42 Å². The molecule has 2 rings (SSSR count). The summed E-state index contributed by atoms with van der Waals surface area (Å²) >= 11 is 1.11. The minimum absolute atomic E-state index is 0.184. The molecule has 1 aromatic heterocycles. The quantitative estimate of drug-likeness (QED) is 0.755. The molecule has 0 N–H and O–H groups in total. The van der Waals surface area contributed by atoms with E-state index in [1.807, 2.05) is 0 Å². The normalized spacial score (nSPS) is 11.6. The zero-order valence-corrected chi connectivity index (χ0v) is 13.9. The number of hydrogen-bond acceptors (Lipinski definition) is 6. The van der Waals surface area contributed by atoms with Crippen LogP contribution in [0, 0.1) is 0 Å². The molecule has 118 valence electrons. The van der Waals surface area contributed by atoms with Gasteiger partial charge in [-0.3, -0.25) is 0 Å². The van der Waals surface area contributed by atoms with Gasteiger partial charge in [0, 0.05) is 11.6 Å². The first-order valence-corrected chi connectivity index (χ1v) is 8.47. The average molecular weight is 341 g/mol. The monoisotopic (exact) mass is 341 g/mol. The topological polar surface area (TPSA) is 74.2 Å². The summed E-state index contributed by atoms with van der Waals surface area (Å²) in [6.07, 6.45) is 1.23. The fourth-order valence-electron chi connectivity index (χ4n) is 1.74. The minimum Gasteiger partial charge on any atom is -0.496 e. The van der Waals surface area contributed by atoms with E-state index in [2.05, 4.69) is 4.40 Å². The van der Waals surface area contributed by atoms with Gasteiger partial charge in [0.1, 0.15) is 9.96 Å². The van der Waals surface area contributed by atoms with Crippen molar-refractivity contribution < 1.29 is 22.6 Å². The predicted molar refractivity (Wildman–Crippen MR) is 85.2 cm³/mol. The van der Waals surface area contributed by atoms with Gasteiger partial charge in [0.05, 0.1) is 27.5 Å². The van der Waals surface area contributed by atoms with Crippen LogP contribution in [-0.4, -0.2) is 36.0 Å². The van der Waals surface area contributed by atoms with Crippen molar-refractivity contribution in [1.82, 2.24) is 0 Å². The zero-order valence-electron chi connectivity index (χ0n) is 12.3. The first-order valence-electron chi connectivity index (χ1n) is 6.15. The van der Waals surface area contributed by atoms with Crippen molar-refractivity contribution in [1.29, 1.82) is 0 Å². The Morgan fingerprint density at radius 2 is 1.68 bits per heavy atom. The van der Waals surface area contributed by atoms with Gasteiger partial charge in [0.2, 0.25) is 0 Å². The summed E-state index contributed by atoms with van der Waals surface area (Å²) in [5, 5.41) is 1.68. The highest BCUT2D eigenvalue weighted by molar-refractivity contribution is 7.92. The van der Waals surface area contributed by atoms with Gasteiger partial charge in [0.25, 0.3) is 10.0 Å². The van der Waals surface area contributed by atoms with Crippen molar-refractivity contribution in [2.45, 2.75) is 4.21 Å². The maximum atomic E-state index is 12.1. The Labute approximate surface area is 133 Å². The third-order valence-corrected chi connectivity index (χ3v) is 5.43. The second kappa shape index (κ2) is 6.80. The maximum absolute atomic E-state index is 12.1. The standard InChI is InChI=1S/C14H15NO5S2/c1-18-11-8-13(20-3)12(19-2)7-10(11)9-15-22(16,17)14-5-4-6-21-14/h4-9H,1-3H3/b15-9-. The van der Waals surface area contributed by atoms with Crippen LogP contribution in [0.2, 0.25) is 0 Å². The van der Waals surface area contributed by atoms with Gasteiger partial charge < -0.3 is 14.2 Å². The van der Waals surface area contributed by atoms with Crippen LogP contribution in [0.1, 0.15) is 5.56 Å². The Bertz CT molecular complexity index is 767. The summed E-state index contributed by atoms with van der Waals surface area (Å²) in [5.74, 6) is 1.37. The van der Waals surface area contributed by atoms with Crippen molar-refractivity contribution in [2.24, 2.45) is 4.40 Å². The first kappa shape index (κ1) is 16.3. The molecule has 2 aromatic rings. The summed E-state index contributed by atoms with van der Waals surface area (Å²) < 4.78 is 43.6. The van der Waals surface area contributed by atoms with E-state index in [0.717, 1.165) is 11.3 Å². The van der Waals surface area contributed by atoms with Gasteiger partial charge in [-0.15, -0.1) is 11.3 Å². The fourth-order valence-corrected chi connectivity index (χ4v) is 3.58. The molecule has 0 saturated carbocycles. The molecule has 0 aliphatic heterocycles. The van der Waals surface area contributed by atoms with Crippen molar-refractivity contribution >= 4 is 27.6 Å². The Kier molecular flexibility index (Phi) is 5.04. The number of ether oxygens (including phenoxy) is 3. The molecule has 22 heavy (non-hydrogen) atoms. The highest BCUT2D eigenvalue weighted by atomic mass is 32.2. The fraction of sp³-hybridized carbons (Fsp3) is 0.214. The van der Waals surface area contributed by atoms with Gasteiger partial charge in [-0.25, -0.2) is 0 Å². The number of thiophene rings is 1. The van der Waals surface area contributed by atoms with Crippen molar-refractivity contribution in [3.05, 3.63) is 35.2 Å². The summed E-state index contributed by atoms with van der Waals surface area (Å²) in [4.78, 5) is 0. The number of hydrogen-bond donors (Lipinski definition) is 0. The lowest BCUT2D eigenvalue weighted by Crippen LogP contribution is -1.99. The van der Waals surface area contributed by atoms with Crippen LogP contribution in [0.4, 0.5) is 0 Å². The lowest BCUT2D eigenvalue weighted by molar-refractivity contribution is 0.349. The third kappa shape index (κ3) is 3.40. The molecule has 0 bridgehead atoms. The lowest BCUT2D eigenvalue weighted by atomic mass is 10.2. The van der Waals surface area contributed by atoms with Gasteiger partial charge in [-0.2, -0.15) is 12.8 Å². The van der Waals surface area contributed by atoms with Crippen LogP contribution in [-0.2, 0) is 10.0 Å². The SMILES string of the molecule is COc1cc(OC)c(OC)cc1/C=N\S(=O)(=O)c1cccs1. The molecule has 0 saturated heterocycles. The Morgan fingerprint density at radius 1 is 1.05 bits per heavy atom. The van der Waals surface area contributed by atoms with E-state index < -0.39 is 10.0 Å². The van der Waals surface area contributed by atoms with Crippen molar-refractivity contribution in [2.75, 3.05) is 21.3 Å². The van der Waals surface area contributed by atoms with Crippen LogP contribution in [0.25, 0.3) is 0 Å². The highest BCUT2D eigenvalue weighted by Crippen LogP contribution is 2.34. The average Bonchev–Trinajstić information content (AvgIpc) is 3.07. The number of nitrogens with zero attached hydrogens (tertiary/aromatic N) is 1. The molecule has 0 fully saturated rings. The minimum atomic E-state index is -3.72. The van der Waals surface area contributed by atoms with Gasteiger partial charge in [-0.05, 0) is 17.5 Å². The summed E-state index contributed by atoms with van der Waals surface area (Å²) in [5.41, 5.74) is 0.472. The Hall–Kier alpha value is -2.06. The largest absolute Gasteiger partial charge is 0.496 e. The molecule has 0 spiro atoms. The van der Waals surface area contributed by atoms with Gasteiger partial charge in [-0.1, -0.05) is 6.07 Å².